The molecule has 0 radical (unpaired) electrons. The zero-order chi connectivity index (χ0) is 28.1. The molecule has 0 atom stereocenters. The maximum absolute atomic E-state index is 12.9. The Labute approximate surface area is 219 Å². The summed E-state index contributed by atoms with van der Waals surface area (Å²) < 4.78 is 71.1. The number of carboxylic acids is 1. The molecule has 38 heavy (non-hydrogen) atoms. The normalized spacial score (nSPS) is 15.7. The minimum Gasteiger partial charge on any atom is -0.494 e. The van der Waals surface area contributed by atoms with Crippen molar-refractivity contribution in [2.45, 2.75) is 56.6 Å². The van der Waals surface area contributed by atoms with Gasteiger partial charge < -0.3 is 15.2 Å². The molecule has 0 aliphatic carbocycles. The zero-order valence-electron chi connectivity index (χ0n) is 21.1. The largest absolute Gasteiger partial charge is 0.494 e. The van der Waals surface area contributed by atoms with Gasteiger partial charge in [-0.25, -0.2) is 13.2 Å². The Morgan fingerprint density at radius 3 is 2.29 bits per heavy atom. The average molecular weight is 557 g/mol. The molecule has 0 aromatic heterocycles. The number of ether oxygens (including phenoxy) is 1. The summed E-state index contributed by atoms with van der Waals surface area (Å²) in [5.41, 5.74) is -1.55. The number of nitrogens with one attached hydrogen (secondary N) is 1. The van der Waals surface area contributed by atoms with E-state index in [1.165, 1.54) is 40.7 Å². The number of rotatable bonds is 10. The Hall–Kier alpha value is -3.12. The summed E-state index contributed by atoms with van der Waals surface area (Å²) in [4.78, 5) is 23.9. The van der Waals surface area contributed by atoms with Crippen LogP contribution in [0.25, 0.3) is 0 Å². The quantitative estimate of drug-likeness (QED) is 0.415. The van der Waals surface area contributed by atoms with E-state index in [-0.39, 0.29) is 47.9 Å². The predicted molar refractivity (Wildman–Crippen MR) is 133 cm³/mol. The summed E-state index contributed by atoms with van der Waals surface area (Å²) in [6.07, 6.45) is -2.71. The van der Waals surface area contributed by atoms with E-state index in [9.17, 15) is 31.2 Å². The van der Waals surface area contributed by atoms with E-state index in [0.717, 1.165) is 12.1 Å². The van der Waals surface area contributed by atoms with Gasteiger partial charge in [-0.2, -0.15) is 17.5 Å². The number of sulfonamides is 1. The van der Waals surface area contributed by atoms with Crippen molar-refractivity contribution in [2.75, 3.05) is 19.7 Å². The third-order valence-corrected chi connectivity index (χ3v) is 8.43. The maximum Gasteiger partial charge on any atom is 0.416 e. The van der Waals surface area contributed by atoms with E-state index in [1.807, 2.05) is 0 Å². The standard InChI is InChI=1S/C26H31F3N2O6S/c1-25(2,13-4-16-37-21-6-3-5-19(17-21)26(27,28)29)24(34)30-20-11-14-31(15-12-20)38(35,36)22-9-7-18(8-10-22)23(32)33/h3,5-10,17,20H,4,11-16H2,1-2H3,(H,30,34)(H,32,33). The molecule has 0 bridgehead atoms. The fraction of sp³-hybridized carbons (Fsp3) is 0.462. The van der Waals surface area contributed by atoms with Crippen LogP contribution in [0.15, 0.2) is 53.4 Å². The molecule has 1 saturated heterocycles. The van der Waals surface area contributed by atoms with Crippen LogP contribution in [0.1, 0.15) is 55.5 Å². The van der Waals surface area contributed by atoms with Crippen molar-refractivity contribution in [3.05, 3.63) is 59.7 Å². The van der Waals surface area contributed by atoms with Crippen LogP contribution in [0.5, 0.6) is 5.75 Å². The van der Waals surface area contributed by atoms with Crippen LogP contribution in [0, 0.1) is 5.41 Å². The first-order chi connectivity index (χ1) is 17.7. The van der Waals surface area contributed by atoms with Crippen molar-refractivity contribution in [3.8, 4) is 5.75 Å². The third-order valence-electron chi connectivity index (χ3n) is 6.52. The van der Waals surface area contributed by atoms with Gasteiger partial charge in [-0.3, -0.25) is 4.79 Å². The van der Waals surface area contributed by atoms with Crippen LogP contribution in [0.2, 0.25) is 0 Å². The fourth-order valence-corrected chi connectivity index (χ4v) is 5.59. The summed E-state index contributed by atoms with van der Waals surface area (Å²) in [5.74, 6) is -1.22. The third kappa shape index (κ3) is 7.47. The lowest BCUT2D eigenvalue weighted by Gasteiger charge is -2.33. The van der Waals surface area contributed by atoms with E-state index in [1.54, 1.807) is 13.8 Å². The van der Waals surface area contributed by atoms with Gasteiger partial charge in [0.2, 0.25) is 15.9 Å². The number of carbonyl (C=O) groups excluding carboxylic acids is 1. The number of hydrogen-bond donors (Lipinski definition) is 2. The van der Waals surface area contributed by atoms with Crippen LogP contribution in [-0.2, 0) is 21.0 Å². The lowest BCUT2D eigenvalue weighted by atomic mass is 9.86. The Kier molecular flexibility index (Phi) is 9.09. The Balaban J connectivity index is 1.45. The van der Waals surface area contributed by atoms with Crippen molar-refractivity contribution < 1.29 is 41.0 Å². The number of benzene rings is 2. The molecule has 1 amide bonds. The number of piperidine rings is 1. The fourth-order valence-electron chi connectivity index (χ4n) is 4.12. The molecule has 1 heterocycles. The second kappa shape index (κ2) is 11.7. The Morgan fingerprint density at radius 2 is 1.71 bits per heavy atom. The molecule has 12 heteroatoms. The molecule has 1 fully saturated rings. The van der Waals surface area contributed by atoms with Crippen LogP contribution in [-0.4, -0.2) is 55.4 Å². The van der Waals surface area contributed by atoms with Crippen molar-refractivity contribution in [3.63, 3.8) is 0 Å². The van der Waals surface area contributed by atoms with Crippen LogP contribution in [0.3, 0.4) is 0 Å². The maximum atomic E-state index is 12.9. The number of aromatic carboxylic acids is 1. The summed E-state index contributed by atoms with van der Waals surface area (Å²) >= 11 is 0. The number of nitrogens with zero attached hydrogens (tertiary/aromatic N) is 1. The summed E-state index contributed by atoms with van der Waals surface area (Å²) in [5, 5.41) is 12.0. The van der Waals surface area contributed by atoms with Gasteiger partial charge in [0.25, 0.3) is 0 Å². The highest BCUT2D eigenvalue weighted by atomic mass is 32.2. The lowest BCUT2D eigenvalue weighted by Crippen LogP contribution is -2.49. The molecule has 2 aromatic rings. The van der Waals surface area contributed by atoms with Crippen LogP contribution < -0.4 is 10.1 Å². The number of carbonyl (C=O) groups is 2. The molecule has 1 aliphatic rings. The molecule has 2 N–H and O–H groups in total. The first kappa shape index (κ1) is 29.4. The Bertz CT molecular complexity index is 1240. The van der Waals surface area contributed by atoms with Crippen LogP contribution >= 0.6 is 0 Å². The minimum absolute atomic E-state index is 0.00444. The van der Waals surface area contributed by atoms with Crippen molar-refractivity contribution in [1.29, 1.82) is 0 Å². The summed E-state index contributed by atoms with van der Waals surface area (Å²) in [6, 6.07) is 9.46. The number of halogens is 3. The molecular formula is C26H31F3N2O6S. The monoisotopic (exact) mass is 556 g/mol. The van der Waals surface area contributed by atoms with E-state index in [4.69, 9.17) is 9.84 Å². The second-order valence-corrected chi connectivity index (χ2v) is 11.8. The smallest absolute Gasteiger partial charge is 0.416 e. The van der Waals surface area contributed by atoms with Gasteiger partial charge in [0.05, 0.1) is 22.6 Å². The molecule has 8 nitrogen and oxygen atoms in total. The van der Waals surface area contributed by atoms with E-state index >= 15 is 0 Å². The predicted octanol–water partition coefficient (Wildman–Crippen LogP) is 4.56. The number of amides is 1. The van der Waals surface area contributed by atoms with E-state index in [0.29, 0.717) is 25.7 Å². The van der Waals surface area contributed by atoms with Crippen LogP contribution in [0.4, 0.5) is 13.2 Å². The minimum atomic E-state index is -4.45. The van der Waals surface area contributed by atoms with Crippen molar-refractivity contribution >= 4 is 21.9 Å². The highest BCUT2D eigenvalue weighted by Gasteiger charge is 2.34. The molecule has 208 valence electrons. The van der Waals surface area contributed by atoms with Crippen molar-refractivity contribution in [2.24, 2.45) is 5.41 Å². The SMILES string of the molecule is CC(C)(CCCOc1cccc(C(F)(F)F)c1)C(=O)NC1CCN(S(=O)(=O)c2ccc(C(=O)O)cc2)CC1. The van der Waals surface area contributed by atoms with Gasteiger partial charge in [0.15, 0.2) is 0 Å². The van der Waals surface area contributed by atoms with Gasteiger partial charge in [-0.1, -0.05) is 19.9 Å². The topological polar surface area (TPSA) is 113 Å². The average Bonchev–Trinajstić information content (AvgIpc) is 2.86. The molecule has 0 saturated carbocycles. The first-order valence-electron chi connectivity index (χ1n) is 12.1. The molecule has 2 aromatic carbocycles. The van der Waals surface area contributed by atoms with E-state index < -0.39 is 33.1 Å². The molecular weight excluding hydrogens is 525 g/mol. The molecule has 3 rings (SSSR count). The number of hydrogen-bond acceptors (Lipinski definition) is 5. The molecule has 1 aliphatic heterocycles. The molecule has 0 unspecified atom stereocenters. The van der Waals surface area contributed by atoms with Gasteiger partial charge in [-0.15, -0.1) is 0 Å². The molecule has 0 spiro atoms. The highest BCUT2D eigenvalue weighted by Crippen LogP contribution is 2.31. The second-order valence-electron chi connectivity index (χ2n) is 9.84. The van der Waals surface area contributed by atoms with Crippen molar-refractivity contribution in [1.82, 2.24) is 9.62 Å². The summed E-state index contributed by atoms with van der Waals surface area (Å²) in [6.45, 7) is 4.11. The highest BCUT2D eigenvalue weighted by molar-refractivity contribution is 7.89. The van der Waals surface area contributed by atoms with Gasteiger partial charge in [0.1, 0.15) is 5.75 Å². The van der Waals surface area contributed by atoms with E-state index in [2.05, 4.69) is 5.32 Å². The summed E-state index contributed by atoms with van der Waals surface area (Å²) in [7, 11) is -3.78. The number of carboxylic acid groups (broad SMARTS) is 1. The van der Waals surface area contributed by atoms with Gasteiger partial charge in [-0.05, 0) is 68.1 Å². The Morgan fingerprint density at radius 1 is 1.08 bits per heavy atom. The van der Waals surface area contributed by atoms with Gasteiger partial charge in [0, 0.05) is 24.5 Å². The van der Waals surface area contributed by atoms with Gasteiger partial charge >= 0.3 is 12.1 Å². The zero-order valence-corrected chi connectivity index (χ0v) is 21.9. The number of alkyl halides is 3. The first-order valence-corrected chi connectivity index (χ1v) is 13.6. The lowest BCUT2D eigenvalue weighted by molar-refractivity contribution is -0.137.